The van der Waals surface area contributed by atoms with Crippen LogP contribution in [0.2, 0.25) is 0 Å². The number of hydrogen-bond donors (Lipinski definition) is 2. The quantitative estimate of drug-likeness (QED) is 0.373. The molecule has 1 aromatic heterocycles. The molecule has 0 saturated heterocycles. The molecule has 0 spiro atoms. The number of nitrogens with zero attached hydrogens (tertiary/aromatic N) is 1. The average molecular weight is 404 g/mol. The van der Waals surface area contributed by atoms with Gasteiger partial charge in [0.2, 0.25) is 0 Å². The summed E-state index contributed by atoms with van der Waals surface area (Å²) in [6.07, 6.45) is 0. The van der Waals surface area contributed by atoms with Gasteiger partial charge in [-0.25, -0.2) is 4.98 Å². The predicted molar refractivity (Wildman–Crippen MR) is 126 cm³/mol. The monoisotopic (exact) mass is 403 g/mol. The zero-order chi connectivity index (χ0) is 19.7. The fourth-order valence-corrected chi connectivity index (χ4v) is 4.30. The Morgan fingerprint density at radius 1 is 0.857 bits per heavy atom. The Kier molecular flexibility index (Phi) is 5.11. The number of aromatic nitrogens is 1. The summed E-state index contributed by atoms with van der Waals surface area (Å²) in [6, 6.07) is 20.9. The number of rotatable bonds is 3. The lowest BCUT2D eigenvalue weighted by Crippen LogP contribution is -2.19. The average Bonchev–Trinajstić information content (AvgIpc) is 3.08. The summed E-state index contributed by atoms with van der Waals surface area (Å²) in [7, 11) is 0. The van der Waals surface area contributed by atoms with E-state index in [1.165, 1.54) is 15.8 Å². The number of anilines is 2. The number of thiocarbonyl (C=S) groups is 1. The minimum absolute atomic E-state index is 0.580. The Morgan fingerprint density at radius 3 is 2.36 bits per heavy atom. The first-order chi connectivity index (χ1) is 13.5. The van der Waals surface area contributed by atoms with Crippen molar-refractivity contribution >= 4 is 50.3 Å². The van der Waals surface area contributed by atoms with E-state index in [9.17, 15) is 0 Å². The van der Waals surface area contributed by atoms with E-state index in [4.69, 9.17) is 17.2 Å². The van der Waals surface area contributed by atoms with E-state index in [1.54, 1.807) is 11.3 Å². The van der Waals surface area contributed by atoms with Gasteiger partial charge in [0.1, 0.15) is 5.01 Å². The smallest absolute Gasteiger partial charge is 0.175 e. The van der Waals surface area contributed by atoms with Crippen LogP contribution in [-0.4, -0.2) is 10.1 Å². The van der Waals surface area contributed by atoms with Gasteiger partial charge in [-0.15, -0.1) is 11.3 Å². The maximum Gasteiger partial charge on any atom is 0.175 e. The van der Waals surface area contributed by atoms with Crippen LogP contribution < -0.4 is 10.6 Å². The third-order valence-corrected chi connectivity index (χ3v) is 5.85. The molecule has 3 aromatic carbocycles. The van der Waals surface area contributed by atoms with Gasteiger partial charge >= 0.3 is 0 Å². The number of nitrogens with one attached hydrogen (secondary N) is 2. The standard InChI is InChI=1S/C23H21N3S2/c1-14-4-6-16(3)20(12-14)26-23(27)24-18-9-7-17(8-10-18)22-25-19-11-5-15(2)13-21(19)28-22/h4-13H,1-3H3,(H2,24,26,27). The van der Waals surface area contributed by atoms with E-state index >= 15 is 0 Å². The van der Waals surface area contributed by atoms with Gasteiger partial charge in [0.25, 0.3) is 0 Å². The van der Waals surface area contributed by atoms with Gasteiger partial charge in [-0.05, 0) is 92.1 Å². The summed E-state index contributed by atoms with van der Waals surface area (Å²) in [6.45, 7) is 6.25. The summed E-state index contributed by atoms with van der Waals surface area (Å²) < 4.78 is 1.22. The second-order valence-electron chi connectivity index (χ2n) is 6.97. The Hall–Kier alpha value is -2.76. The van der Waals surface area contributed by atoms with Gasteiger partial charge < -0.3 is 10.6 Å². The Labute approximate surface area is 174 Å². The van der Waals surface area contributed by atoms with Crippen molar-refractivity contribution in [2.75, 3.05) is 10.6 Å². The molecule has 0 amide bonds. The molecular formula is C23H21N3S2. The summed E-state index contributed by atoms with van der Waals surface area (Å²) in [5.74, 6) is 0. The van der Waals surface area contributed by atoms with Crippen molar-refractivity contribution in [3.63, 3.8) is 0 Å². The molecule has 140 valence electrons. The molecule has 0 radical (unpaired) electrons. The maximum absolute atomic E-state index is 5.47. The number of hydrogen-bond acceptors (Lipinski definition) is 3. The van der Waals surface area contributed by atoms with E-state index in [0.717, 1.165) is 33.0 Å². The van der Waals surface area contributed by atoms with E-state index in [1.807, 2.05) is 12.1 Å². The highest BCUT2D eigenvalue weighted by atomic mass is 32.1. The molecular weight excluding hydrogens is 382 g/mol. The van der Waals surface area contributed by atoms with E-state index < -0.39 is 0 Å². The van der Waals surface area contributed by atoms with E-state index in [-0.39, 0.29) is 0 Å². The fraction of sp³-hybridized carbons (Fsp3) is 0.130. The van der Waals surface area contributed by atoms with Crippen LogP contribution in [0.25, 0.3) is 20.8 Å². The van der Waals surface area contributed by atoms with Gasteiger partial charge in [-0.1, -0.05) is 18.2 Å². The lowest BCUT2D eigenvalue weighted by atomic mass is 10.1. The topological polar surface area (TPSA) is 37.0 Å². The molecule has 0 bridgehead atoms. The van der Waals surface area contributed by atoms with Gasteiger partial charge in [-0.2, -0.15) is 0 Å². The first-order valence-corrected chi connectivity index (χ1v) is 10.3. The lowest BCUT2D eigenvalue weighted by molar-refractivity contribution is 1.39. The molecule has 0 unspecified atom stereocenters. The molecule has 0 saturated carbocycles. The summed E-state index contributed by atoms with van der Waals surface area (Å²) in [4.78, 5) is 4.75. The molecule has 0 aliphatic carbocycles. The molecule has 0 atom stereocenters. The number of thiazole rings is 1. The third kappa shape index (κ3) is 4.06. The van der Waals surface area contributed by atoms with Crippen LogP contribution in [0.5, 0.6) is 0 Å². The van der Waals surface area contributed by atoms with Crippen molar-refractivity contribution in [3.8, 4) is 10.6 Å². The number of aryl methyl sites for hydroxylation is 3. The van der Waals surface area contributed by atoms with Crippen molar-refractivity contribution in [2.24, 2.45) is 0 Å². The van der Waals surface area contributed by atoms with Crippen LogP contribution in [0.15, 0.2) is 60.7 Å². The SMILES string of the molecule is Cc1ccc(C)c(NC(=S)Nc2ccc(-c3nc4ccc(C)cc4s3)cc2)c1. The van der Waals surface area contributed by atoms with E-state index in [2.05, 4.69) is 79.9 Å². The highest BCUT2D eigenvalue weighted by Crippen LogP contribution is 2.31. The fourth-order valence-electron chi connectivity index (χ4n) is 3.01. The summed E-state index contributed by atoms with van der Waals surface area (Å²) >= 11 is 7.19. The van der Waals surface area contributed by atoms with Gasteiger partial charge in [-0.3, -0.25) is 0 Å². The van der Waals surface area contributed by atoms with E-state index in [0.29, 0.717) is 5.11 Å². The summed E-state index contributed by atoms with van der Waals surface area (Å²) in [5.41, 5.74) is 7.75. The first-order valence-electron chi connectivity index (χ1n) is 9.11. The zero-order valence-corrected chi connectivity index (χ0v) is 17.7. The molecule has 28 heavy (non-hydrogen) atoms. The van der Waals surface area contributed by atoms with Crippen LogP contribution in [-0.2, 0) is 0 Å². The highest BCUT2D eigenvalue weighted by Gasteiger charge is 2.07. The Bertz CT molecular complexity index is 1160. The van der Waals surface area contributed by atoms with Crippen LogP contribution >= 0.6 is 23.6 Å². The molecule has 0 fully saturated rings. The van der Waals surface area contributed by atoms with Crippen molar-refractivity contribution in [2.45, 2.75) is 20.8 Å². The molecule has 0 aliphatic rings. The van der Waals surface area contributed by atoms with Gasteiger partial charge in [0, 0.05) is 16.9 Å². The van der Waals surface area contributed by atoms with Crippen molar-refractivity contribution in [1.29, 1.82) is 0 Å². The Balaban J connectivity index is 1.48. The molecule has 4 rings (SSSR count). The zero-order valence-electron chi connectivity index (χ0n) is 16.0. The highest BCUT2D eigenvalue weighted by molar-refractivity contribution is 7.80. The largest absolute Gasteiger partial charge is 0.332 e. The molecule has 5 heteroatoms. The van der Waals surface area contributed by atoms with Crippen molar-refractivity contribution in [1.82, 2.24) is 4.98 Å². The molecule has 1 heterocycles. The minimum atomic E-state index is 0.580. The van der Waals surface area contributed by atoms with Gasteiger partial charge in [0.05, 0.1) is 10.2 Å². The molecule has 0 aliphatic heterocycles. The van der Waals surface area contributed by atoms with Crippen LogP contribution in [0.3, 0.4) is 0 Å². The van der Waals surface area contributed by atoms with Crippen molar-refractivity contribution < 1.29 is 0 Å². The van der Waals surface area contributed by atoms with Gasteiger partial charge in [0.15, 0.2) is 5.11 Å². The minimum Gasteiger partial charge on any atom is -0.332 e. The third-order valence-electron chi connectivity index (χ3n) is 4.57. The predicted octanol–water partition coefficient (Wildman–Crippen LogP) is 6.70. The van der Waals surface area contributed by atoms with Crippen LogP contribution in [0.4, 0.5) is 11.4 Å². The first kappa shape index (κ1) is 18.6. The lowest BCUT2D eigenvalue weighted by Gasteiger charge is -2.13. The molecule has 3 nitrogen and oxygen atoms in total. The van der Waals surface area contributed by atoms with Crippen LogP contribution in [0.1, 0.15) is 16.7 Å². The molecule has 4 aromatic rings. The van der Waals surface area contributed by atoms with Crippen LogP contribution in [0, 0.1) is 20.8 Å². The maximum atomic E-state index is 5.47. The Morgan fingerprint density at radius 2 is 1.57 bits per heavy atom. The molecule has 2 N–H and O–H groups in total. The second-order valence-corrected chi connectivity index (χ2v) is 8.40. The van der Waals surface area contributed by atoms with Crippen molar-refractivity contribution in [3.05, 3.63) is 77.4 Å². The summed E-state index contributed by atoms with van der Waals surface area (Å²) in [5, 5.41) is 8.14. The second kappa shape index (κ2) is 7.70. The number of benzene rings is 3. The normalized spacial score (nSPS) is 10.8. The number of fused-ring (bicyclic) bond motifs is 1.